The molecule has 25 heavy (non-hydrogen) atoms. The average Bonchev–Trinajstić information content (AvgIpc) is 3.10. The van der Waals surface area contributed by atoms with E-state index in [0.717, 1.165) is 36.6 Å². The van der Waals surface area contributed by atoms with Gasteiger partial charge in [0.15, 0.2) is 0 Å². The van der Waals surface area contributed by atoms with Crippen molar-refractivity contribution < 1.29 is 9.84 Å². The largest absolute Gasteiger partial charge is 0.475 e. The van der Waals surface area contributed by atoms with Crippen molar-refractivity contribution in [3.8, 4) is 5.88 Å². The van der Waals surface area contributed by atoms with Crippen molar-refractivity contribution >= 4 is 11.6 Å². The molecule has 1 fully saturated rings. The number of rotatable bonds is 7. The number of nitrogens with zero attached hydrogens (tertiary/aromatic N) is 4. The molecular weight excluding hydrogens is 318 g/mol. The van der Waals surface area contributed by atoms with Gasteiger partial charge in [0, 0.05) is 31.4 Å². The lowest BCUT2D eigenvalue weighted by Gasteiger charge is -2.24. The minimum absolute atomic E-state index is 0.115. The highest BCUT2D eigenvalue weighted by Crippen LogP contribution is 2.24. The van der Waals surface area contributed by atoms with Crippen LogP contribution in [0.5, 0.6) is 5.88 Å². The number of hydrogen-bond acceptors (Lipinski definition) is 7. The molecule has 0 radical (unpaired) electrons. The Bertz CT molecular complexity index is 677. The van der Waals surface area contributed by atoms with Crippen LogP contribution in [0.2, 0.25) is 0 Å². The Morgan fingerprint density at radius 2 is 2.20 bits per heavy atom. The van der Waals surface area contributed by atoms with Crippen LogP contribution in [0.4, 0.5) is 11.6 Å². The van der Waals surface area contributed by atoms with Crippen LogP contribution in [0.3, 0.4) is 0 Å². The van der Waals surface area contributed by atoms with Gasteiger partial charge in [-0.05, 0) is 32.3 Å². The van der Waals surface area contributed by atoms with Crippen molar-refractivity contribution in [3.05, 3.63) is 36.3 Å². The maximum Gasteiger partial charge on any atom is 0.213 e. The summed E-state index contributed by atoms with van der Waals surface area (Å²) >= 11 is 0. The molecule has 0 saturated carbocycles. The molecule has 0 aromatic carbocycles. The standard InChI is InChI=1S/C18H25N5O2/c1-13(2)25-18-6-5-14(10-20-18)9-19-16-8-17(22-12-21-16)23-7-3-4-15(23)11-24/h5-6,8,10,12-13,15,24H,3-4,7,9,11H2,1-2H3,(H,19,21,22)/t15-/m0/s1. The van der Waals surface area contributed by atoms with Crippen LogP contribution in [-0.2, 0) is 6.54 Å². The lowest BCUT2D eigenvalue weighted by atomic mass is 10.2. The van der Waals surface area contributed by atoms with E-state index in [0.29, 0.717) is 12.4 Å². The summed E-state index contributed by atoms with van der Waals surface area (Å²) in [6.45, 7) is 5.65. The van der Waals surface area contributed by atoms with Gasteiger partial charge >= 0.3 is 0 Å². The summed E-state index contributed by atoms with van der Waals surface area (Å²) < 4.78 is 5.55. The quantitative estimate of drug-likeness (QED) is 0.797. The first-order valence-electron chi connectivity index (χ1n) is 8.70. The van der Waals surface area contributed by atoms with E-state index in [1.165, 1.54) is 0 Å². The zero-order chi connectivity index (χ0) is 17.6. The SMILES string of the molecule is CC(C)Oc1ccc(CNc2cc(N3CCC[C@H]3CO)ncn2)cn1. The van der Waals surface area contributed by atoms with Gasteiger partial charge in [0.2, 0.25) is 5.88 Å². The highest BCUT2D eigenvalue weighted by Gasteiger charge is 2.25. The number of aromatic nitrogens is 3. The van der Waals surface area contributed by atoms with Crippen molar-refractivity contribution in [2.45, 2.75) is 45.4 Å². The fourth-order valence-corrected chi connectivity index (χ4v) is 2.95. The molecule has 1 aliphatic rings. The van der Waals surface area contributed by atoms with Gasteiger partial charge in [-0.2, -0.15) is 0 Å². The second kappa shape index (κ2) is 8.11. The van der Waals surface area contributed by atoms with Crippen LogP contribution in [0.25, 0.3) is 0 Å². The molecule has 3 rings (SSSR count). The topological polar surface area (TPSA) is 83.4 Å². The van der Waals surface area contributed by atoms with Gasteiger partial charge in [-0.15, -0.1) is 0 Å². The Labute approximate surface area is 148 Å². The summed E-state index contributed by atoms with van der Waals surface area (Å²) in [4.78, 5) is 15.1. The number of aliphatic hydroxyl groups is 1. The summed E-state index contributed by atoms with van der Waals surface area (Å²) in [7, 11) is 0. The molecule has 7 heteroatoms. The highest BCUT2D eigenvalue weighted by molar-refractivity contribution is 5.50. The third-order valence-electron chi connectivity index (χ3n) is 4.16. The van der Waals surface area contributed by atoms with Crippen molar-refractivity contribution in [2.75, 3.05) is 23.4 Å². The predicted octanol–water partition coefficient (Wildman–Crippen LogP) is 2.23. The molecule has 2 N–H and O–H groups in total. The van der Waals surface area contributed by atoms with Gasteiger partial charge in [-0.25, -0.2) is 15.0 Å². The number of ether oxygens (including phenoxy) is 1. The van der Waals surface area contributed by atoms with Gasteiger partial charge in [0.05, 0.1) is 18.8 Å². The number of aliphatic hydroxyl groups excluding tert-OH is 1. The second-order valence-electron chi connectivity index (χ2n) is 6.46. The first kappa shape index (κ1) is 17.4. The monoisotopic (exact) mass is 343 g/mol. The summed E-state index contributed by atoms with van der Waals surface area (Å²) in [6, 6.07) is 5.94. The molecule has 1 atom stereocenters. The molecule has 0 bridgehead atoms. The lowest BCUT2D eigenvalue weighted by molar-refractivity contribution is 0.232. The maximum atomic E-state index is 9.48. The molecule has 0 aliphatic carbocycles. The van der Waals surface area contributed by atoms with E-state index in [4.69, 9.17) is 4.74 Å². The fraction of sp³-hybridized carbons (Fsp3) is 0.500. The van der Waals surface area contributed by atoms with Gasteiger partial charge in [0.1, 0.15) is 18.0 Å². The molecule has 2 aromatic rings. The van der Waals surface area contributed by atoms with Gasteiger partial charge < -0.3 is 20.1 Å². The zero-order valence-electron chi connectivity index (χ0n) is 14.7. The average molecular weight is 343 g/mol. The molecule has 0 unspecified atom stereocenters. The number of hydrogen-bond donors (Lipinski definition) is 2. The predicted molar refractivity (Wildman–Crippen MR) is 96.8 cm³/mol. The van der Waals surface area contributed by atoms with Crippen LogP contribution >= 0.6 is 0 Å². The van der Waals surface area contributed by atoms with Crippen LogP contribution in [0, 0.1) is 0 Å². The summed E-state index contributed by atoms with van der Waals surface area (Å²) in [5.41, 5.74) is 1.05. The van der Waals surface area contributed by atoms with Crippen LogP contribution in [0.1, 0.15) is 32.3 Å². The van der Waals surface area contributed by atoms with E-state index in [-0.39, 0.29) is 18.8 Å². The second-order valence-corrected chi connectivity index (χ2v) is 6.46. The third-order valence-corrected chi connectivity index (χ3v) is 4.16. The maximum absolute atomic E-state index is 9.48. The molecule has 1 aliphatic heterocycles. The number of pyridine rings is 1. The van der Waals surface area contributed by atoms with E-state index in [9.17, 15) is 5.11 Å². The van der Waals surface area contributed by atoms with Crippen LogP contribution in [-0.4, -0.2) is 45.4 Å². The fourth-order valence-electron chi connectivity index (χ4n) is 2.95. The van der Waals surface area contributed by atoms with E-state index in [2.05, 4.69) is 25.2 Å². The molecule has 0 amide bonds. The van der Waals surface area contributed by atoms with E-state index < -0.39 is 0 Å². The van der Waals surface area contributed by atoms with E-state index in [1.54, 1.807) is 12.5 Å². The van der Waals surface area contributed by atoms with Gasteiger partial charge in [0.25, 0.3) is 0 Å². The summed E-state index contributed by atoms with van der Waals surface area (Å²) in [6.07, 6.45) is 5.55. The van der Waals surface area contributed by atoms with E-state index in [1.807, 2.05) is 32.0 Å². The summed E-state index contributed by atoms with van der Waals surface area (Å²) in [5, 5.41) is 12.8. The van der Waals surface area contributed by atoms with Crippen LogP contribution in [0.15, 0.2) is 30.7 Å². The zero-order valence-corrected chi connectivity index (χ0v) is 14.7. The van der Waals surface area contributed by atoms with E-state index >= 15 is 0 Å². The Kier molecular flexibility index (Phi) is 5.65. The Morgan fingerprint density at radius 3 is 2.92 bits per heavy atom. The lowest BCUT2D eigenvalue weighted by Crippen LogP contribution is -2.32. The number of nitrogens with one attached hydrogen (secondary N) is 1. The Balaban J connectivity index is 1.61. The molecular formula is C18H25N5O2. The first-order chi connectivity index (χ1) is 12.2. The normalized spacial score (nSPS) is 17.1. The molecule has 0 spiro atoms. The highest BCUT2D eigenvalue weighted by atomic mass is 16.5. The van der Waals surface area contributed by atoms with Crippen molar-refractivity contribution in [2.24, 2.45) is 0 Å². The molecule has 134 valence electrons. The first-order valence-corrected chi connectivity index (χ1v) is 8.70. The minimum atomic E-state index is 0.115. The smallest absolute Gasteiger partial charge is 0.213 e. The van der Waals surface area contributed by atoms with Gasteiger partial charge in [-0.1, -0.05) is 6.07 Å². The Morgan fingerprint density at radius 1 is 1.32 bits per heavy atom. The van der Waals surface area contributed by atoms with Crippen LogP contribution < -0.4 is 15.0 Å². The van der Waals surface area contributed by atoms with Gasteiger partial charge in [-0.3, -0.25) is 0 Å². The summed E-state index contributed by atoms with van der Waals surface area (Å²) in [5.74, 6) is 2.25. The number of anilines is 2. The Hall–Kier alpha value is -2.41. The molecule has 2 aromatic heterocycles. The van der Waals surface area contributed by atoms with Crippen molar-refractivity contribution in [1.29, 1.82) is 0 Å². The minimum Gasteiger partial charge on any atom is -0.475 e. The van der Waals surface area contributed by atoms with Crippen molar-refractivity contribution in [3.63, 3.8) is 0 Å². The molecule has 1 saturated heterocycles. The molecule has 3 heterocycles. The van der Waals surface area contributed by atoms with Crippen molar-refractivity contribution in [1.82, 2.24) is 15.0 Å². The molecule has 7 nitrogen and oxygen atoms in total. The third kappa shape index (κ3) is 4.57.